The van der Waals surface area contributed by atoms with Crippen LogP contribution in [0.25, 0.3) is 0 Å². The lowest BCUT2D eigenvalue weighted by Gasteiger charge is -2.11. The van der Waals surface area contributed by atoms with Gasteiger partial charge in [0.15, 0.2) is 4.60 Å². The highest BCUT2D eigenvalue weighted by atomic mass is 79.9. The van der Waals surface area contributed by atoms with Gasteiger partial charge >= 0.3 is 6.01 Å². The van der Waals surface area contributed by atoms with Crippen molar-refractivity contribution in [2.24, 2.45) is 0 Å². The van der Waals surface area contributed by atoms with E-state index in [0.29, 0.717) is 5.89 Å². The number of halogens is 2. The lowest BCUT2D eigenvalue weighted by molar-refractivity contribution is 0.296. The molecule has 4 heteroatoms. The highest BCUT2D eigenvalue weighted by Gasteiger charge is 2.22. The molecule has 0 unspecified atom stereocenters. The van der Waals surface area contributed by atoms with Crippen molar-refractivity contribution in [1.82, 2.24) is 4.98 Å². The van der Waals surface area contributed by atoms with E-state index in [-0.39, 0.29) is 10.0 Å². The molecule has 1 aromatic heterocycles. The number of aromatic nitrogens is 1. The summed E-state index contributed by atoms with van der Waals surface area (Å²) in [6.07, 6.45) is 0. The highest BCUT2D eigenvalue weighted by Crippen LogP contribution is 2.25. The van der Waals surface area contributed by atoms with Crippen LogP contribution in [0.15, 0.2) is 9.02 Å². The van der Waals surface area contributed by atoms with Crippen LogP contribution in [0.3, 0.4) is 0 Å². The molecule has 1 heterocycles. The van der Waals surface area contributed by atoms with E-state index in [2.05, 4.69) is 20.9 Å². The third-order valence-electron chi connectivity index (χ3n) is 1.19. The average Bonchev–Trinajstić information content (AvgIpc) is 2.11. The Balaban J connectivity index is 3.08. The van der Waals surface area contributed by atoms with Crippen molar-refractivity contribution in [3.63, 3.8) is 0 Å². The van der Waals surface area contributed by atoms with Crippen molar-refractivity contribution < 1.29 is 8.81 Å². The van der Waals surface area contributed by atoms with Crippen LogP contribution in [0.1, 0.15) is 26.7 Å². The summed E-state index contributed by atoms with van der Waals surface area (Å²) in [7, 11) is 0. The molecule has 0 aliphatic heterocycles. The van der Waals surface area contributed by atoms with Gasteiger partial charge in [0.25, 0.3) is 0 Å². The second-order valence-corrected chi connectivity index (χ2v) is 4.08. The van der Waals surface area contributed by atoms with Gasteiger partial charge in [-0.2, -0.15) is 4.39 Å². The maximum Gasteiger partial charge on any atom is 0.312 e. The van der Waals surface area contributed by atoms with Gasteiger partial charge in [-0.05, 0) is 15.9 Å². The Kier molecular flexibility index (Phi) is 2.05. The van der Waals surface area contributed by atoms with Crippen LogP contribution in [-0.4, -0.2) is 4.98 Å². The largest absolute Gasteiger partial charge is 0.414 e. The fourth-order valence-corrected chi connectivity index (χ4v) is 0.846. The van der Waals surface area contributed by atoms with E-state index in [1.165, 1.54) is 0 Å². The molecule has 0 spiro atoms. The van der Waals surface area contributed by atoms with Crippen molar-refractivity contribution in [1.29, 1.82) is 0 Å². The van der Waals surface area contributed by atoms with Crippen LogP contribution >= 0.6 is 15.9 Å². The zero-order valence-corrected chi connectivity index (χ0v) is 8.20. The first-order valence-electron chi connectivity index (χ1n) is 3.23. The van der Waals surface area contributed by atoms with Crippen LogP contribution < -0.4 is 0 Å². The topological polar surface area (TPSA) is 26.0 Å². The maximum atomic E-state index is 12.6. The van der Waals surface area contributed by atoms with Crippen molar-refractivity contribution in [2.45, 2.75) is 26.2 Å². The number of oxazole rings is 1. The van der Waals surface area contributed by atoms with E-state index >= 15 is 0 Å². The average molecular weight is 222 g/mol. The summed E-state index contributed by atoms with van der Waals surface area (Å²) in [5, 5.41) is 0. The zero-order chi connectivity index (χ0) is 8.65. The summed E-state index contributed by atoms with van der Waals surface area (Å²) in [4.78, 5) is 3.86. The Morgan fingerprint density at radius 1 is 1.45 bits per heavy atom. The summed E-state index contributed by atoms with van der Waals surface area (Å²) in [6, 6.07) is -0.657. The fraction of sp³-hybridized carbons (Fsp3) is 0.571. The summed E-state index contributed by atoms with van der Waals surface area (Å²) in [5.41, 5.74) is -0.243. The molecule has 0 saturated heterocycles. The first-order chi connectivity index (χ1) is 4.91. The molecule has 1 rings (SSSR count). The van der Waals surface area contributed by atoms with E-state index in [1.54, 1.807) is 0 Å². The third kappa shape index (κ3) is 1.80. The monoisotopic (exact) mass is 221 g/mol. The molecule has 0 aliphatic carbocycles. The van der Waals surface area contributed by atoms with Crippen molar-refractivity contribution in [2.75, 3.05) is 0 Å². The van der Waals surface area contributed by atoms with Gasteiger partial charge in [0.2, 0.25) is 5.89 Å². The Morgan fingerprint density at radius 2 is 2.00 bits per heavy atom. The molecule has 0 atom stereocenters. The van der Waals surface area contributed by atoms with Crippen LogP contribution in [0.4, 0.5) is 4.39 Å². The lowest BCUT2D eigenvalue weighted by atomic mass is 9.97. The van der Waals surface area contributed by atoms with Gasteiger partial charge in [-0.1, -0.05) is 20.8 Å². The van der Waals surface area contributed by atoms with Crippen molar-refractivity contribution in [3.05, 3.63) is 16.5 Å². The van der Waals surface area contributed by atoms with Crippen LogP contribution in [-0.2, 0) is 5.41 Å². The Morgan fingerprint density at radius 3 is 2.18 bits per heavy atom. The minimum absolute atomic E-state index is 0.141. The van der Waals surface area contributed by atoms with E-state index < -0.39 is 6.01 Å². The molecule has 11 heavy (non-hydrogen) atoms. The van der Waals surface area contributed by atoms with Crippen molar-refractivity contribution >= 4 is 15.9 Å². The van der Waals surface area contributed by atoms with Gasteiger partial charge in [0.05, 0.1) is 0 Å². The first kappa shape index (κ1) is 8.71. The quantitative estimate of drug-likeness (QED) is 0.674. The van der Waals surface area contributed by atoms with E-state index in [0.717, 1.165) is 0 Å². The molecule has 0 radical (unpaired) electrons. The van der Waals surface area contributed by atoms with Gasteiger partial charge in [-0.25, -0.2) is 4.98 Å². The van der Waals surface area contributed by atoms with E-state index in [1.807, 2.05) is 20.8 Å². The predicted octanol–water partition coefficient (Wildman–Crippen LogP) is 2.87. The first-order valence-corrected chi connectivity index (χ1v) is 4.03. The Labute approximate surface area is 72.9 Å². The smallest absolute Gasteiger partial charge is 0.312 e. The molecule has 0 N–H and O–H groups in total. The molecule has 0 aromatic carbocycles. The number of nitrogens with zero attached hydrogens (tertiary/aromatic N) is 1. The van der Waals surface area contributed by atoms with Crippen LogP contribution in [0, 0.1) is 6.01 Å². The lowest BCUT2D eigenvalue weighted by Crippen LogP contribution is -2.11. The fourth-order valence-electron chi connectivity index (χ4n) is 0.604. The summed E-state index contributed by atoms with van der Waals surface area (Å²) in [5.74, 6) is 0.405. The molecule has 62 valence electrons. The second kappa shape index (κ2) is 2.59. The highest BCUT2D eigenvalue weighted by molar-refractivity contribution is 9.10. The van der Waals surface area contributed by atoms with Gasteiger partial charge in [0.1, 0.15) is 0 Å². The summed E-state index contributed by atoms with van der Waals surface area (Å²) < 4.78 is 17.5. The van der Waals surface area contributed by atoms with Crippen LogP contribution in [0.5, 0.6) is 0 Å². The molecule has 0 amide bonds. The SMILES string of the molecule is CC(C)(C)c1nc(Br)c(F)o1. The number of hydrogen-bond acceptors (Lipinski definition) is 2. The van der Waals surface area contributed by atoms with E-state index in [9.17, 15) is 4.39 Å². The summed E-state index contributed by atoms with van der Waals surface area (Å²) in [6.45, 7) is 5.72. The summed E-state index contributed by atoms with van der Waals surface area (Å²) >= 11 is 2.93. The normalized spacial score (nSPS) is 12.1. The molecule has 0 bridgehead atoms. The minimum atomic E-state index is -0.657. The Bertz CT molecular complexity index is 244. The third-order valence-corrected chi connectivity index (χ3v) is 1.68. The van der Waals surface area contributed by atoms with E-state index in [4.69, 9.17) is 4.42 Å². The molecule has 0 fully saturated rings. The predicted molar refractivity (Wildman–Crippen MR) is 42.9 cm³/mol. The maximum absolute atomic E-state index is 12.6. The van der Waals surface area contributed by atoms with Gasteiger partial charge in [0, 0.05) is 5.41 Å². The minimum Gasteiger partial charge on any atom is -0.414 e. The molecule has 1 aromatic rings. The van der Waals surface area contributed by atoms with Gasteiger partial charge in [-0.3, -0.25) is 0 Å². The van der Waals surface area contributed by atoms with Gasteiger partial charge in [-0.15, -0.1) is 0 Å². The van der Waals surface area contributed by atoms with Gasteiger partial charge < -0.3 is 4.42 Å². The molecule has 2 nitrogen and oxygen atoms in total. The number of rotatable bonds is 0. The Hall–Kier alpha value is -0.380. The second-order valence-electron chi connectivity index (χ2n) is 3.33. The number of hydrogen-bond donors (Lipinski definition) is 0. The molecular weight excluding hydrogens is 213 g/mol. The molecule has 0 aliphatic rings. The molecule has 0 saturated carbocycles. The van der Waals surface area contributed by atoms with Crippen LogP contribution in [0.2, 0.25) is 0 Å². The molecular formula is C7H9BrFNO. The standard InChI is InChI=1S/C7H9BrFNO/c1-7(2,3)6-10-4(8)5(9)11-6/h1-3H3. The van der Waals surface area contributed by atoms with Crippen molar-refractivity contribution in [3.8, 4) is 0 Å². The zero-order valence-electron chi connectivity index (χ0n) is 6.61.